The fourth-order valence-corrected chi connectivity index (χ4v) is 3.73. The number of piperidine rings is 1. The van der Waals surface area contributed by atoms with E-state index in [-0.39, 0.29) is 0 Å². The van der Waals surface area contributed by atoms with Gasteiger partial charge in [0, 0.05) is 30.7 Å². The number of unbranched alkanes of at least 4 members (excludes halogenated alkanes) is 1. The number of hydrogen-bond donors (Lipinski definition) is 2. The van der Waals surface area contributed by atoms with E-state index in [1.807, 2.05) is 13.2 Å². The predicted molar refractivity (Wildman–Crippen MR) is 99.2 cm³/mol. The number of hydrogen-bond acceptors (Lipinski definition) is 4. The molecule has 0 aromatic carbocycles. The van der Waals surface area contributed by atoms with E-state index in [0.29, 0.717) is 0 Å². The molecule has 1 aliphatic rings. The van der Waals surface area contributed by atoms with E-state index in [0.717, 1.165) is 30.1 Å². The normalized spacial score (nSPS) is 19.8. The number of likely N-dealkylation sites (tertiary alicyclic amines) is 1. The second kappa shape index (κ2) is 9.88. The van der Waals surface area contributed by atoms with Gasteiger partial charge in [0.25, 0.3) is 0 Å². The van der Waals surface area contributed by atoms with Crippen LogP contribution >= 0.6 is 11.3 Å². The summed E-state index contributed by atoms with van der Waals surface area (Å²) in [5.74, 6) is 0.865. The topological polar surface area (TPSA) is 52.6 Å². The summed E-state index contributed by atoms with van der Waals surface area (Å²) in [6.07, 6.45) is 8.49. The van der Waals surface area contributed by atoms with Crippen LogP contribution in [0.4, 0.5) is 0 Å². The van der Waals surface area contributed by atoms with Crippen molar-refractivity contribution in [1.29, 1.82) is 0 Å². The summed E-state index contributed by atoms with van der Waals surface area (Å²) in [6, 6.07) is 0.771. The number of aliphatic imine (C=N–C) groups is 1. The zero-order valence-corrected chi connectivity index (χ0v) is 15.6. The minimum absolute atomic E-state index is 0.740. The first-order valence-electron chi connectivity index (χ1n) is 8.79. The Bertz CT molecular complexity index is 485. The number of aryl methyl sites for hydroxylation is 1. The van der Waals surface area contributed by atoms with E-state index >= 15 is 0 Å². The summed E-state index contributed by atoms with van der Waals surface area (Å²) in [6.45, 7) is 8.67. The second-order valence-corrected chi connectivity index (χ2v) is 7.62. The van der Waals surface area contributed by atoms with Gasteiger partial charge in [-0.2, -0.15) is 0 Å². The van der Waals surface area contributed by atoms with Crippen LogP contribution in [0.3, 0.4) is 0 Å². The van der Waals surface area contributed by atoms with Crippen molar-refractivity contribution in [2.75, 3.05) is 26.7 Å². The maximum absolute atomic E-state index is 4.36. The quantitative estimate of drug-likeness (QED) is 0.456. The minimum Gasteiger partial charge on any atom is -0.356 e. The lowest BCUT2D eigenvalue weighted by Gasteiger charge is -2.33. The SMILES string of the molecule is CN=C(NCCCCN1CCCCC1C)NCc1ncc(C)s1. The van der Waals surface area contributed by atoms with Gasteiger partial charge < -0.3 is 15.5 Å². The number of guanidine groups is 1. The molecule has 1 unspecified atom stereocenters. The molecule has 5 nitrogen and oxygen atoms in total. The highest BCUT2D eigenvalue weighted by atomic mass is 32.1. The van der Waals surface area contributed by atoms with E-state index in [9.17, 15) is 0 Å². The second-order valence-electron chi connectivity index (χ2n) is 6.31. The summed E-state index contributed by atoms with van der Waals surface area (Å²) in [4.78, 5) is 12.5. The van der Waals surface area contributed by atoms with Crippen LogP contribution in [-0.4, -0.2) is 48.6 Å². The first kappa shape index (κ1) is 18.2. The molecule has 23 heavy (non-hydrogen) atoms. The standard InChI is InChI=1S/C17H31N5S/c1-14-8-4-6-10-22(14)11-7-5-9-19-17(18-3)21-13-16-20-12-15(2)23-16/h12,14H,4-11,13H2,1-3H3,(H2,18,19,21). The molecule has 0 bridgehead atoms. The Morgan fingerprint density at radius 3 is 2.96 bits per heavy atom. The summed E-state index contributed by atoms with van der Waals surface area (Å²) in [5, 5.41) is 7.82. The molecule has 0 aliphatic carbocycles. The molecule has 6 heteroatoms. The van der Waals surface area contributed by atoms with Gasteiger partial charge >= 0.3 is 0 Å². The van der Waals surface area contributed by atoms with Crippen LogP contribution in [0.15, 0.2) is 11.2 Å². The van der Waals surface area contributed by atoms with Gasteiger partial charge in [-0.15, -0.1) is 11.3 Å². The van der Waals surface area contributed by atoms with Crippen molar-refractivity contribution in [3.05, 3.63) is 16.1 Å². The van der Waals surface area contributed by atoms with Gasteiger partial charge in [-0.05, 0) is 52.6 Å². The van der Waals surface area contributed by atoms with Gasteiger partial charge in [0.2, 0.25) is 0 Å². The molecule has 130 valence electrons. The van der Waals surface area contributed by atoms with Crippen molar-refractivity contribution in [1.82, 2.24) is 20.5 Å². The summed E-state index contributed by atoms with van der Waals surface area (Å²) in [7, 11) is 1.82. The van der Waals surface area contributed by atoms with E-state index in [4.69, 9.17) is 0 Å². The number of thiazole rings is 1. The Labute approximate surface area is 144 Å². The number of nitrogens with zero attached hydrogens (tertiary/aromatic N) is 3. The molecule has 0 amide bonds. The molecule has 0 saturated carbocycles. The molecule has 1 aromatic heterocycles. The lowest BCUT2D eigenvalue weighted by Crippen LogP contribution is -2.39. The third-order valence-electron chi connectivity index (χ3n) is 4.40. The lowest BCUT2D eigenvalue weighted by atomic mass is 10.0. The first-order chi connectivity index (χ1) is 11.2. The van der Waals surface area contributed by atoms with Gasteiger partial charge in [0.05, 0.1) is 6.54 Å². The molecule has 2 rings (SSSR count). The van der Waals surface area contributed by atoms with Crippen LogP contribution in [0.1, 0.15) is 48.9 Å². The highest BCUT2D eigenvalue weighted by Gasteiger charge is 2.16. The molecule has 1 atom stereocenters. The minimum atomic E-state index is 0.740. The van der Waals surface area contributed by atoms with Crippen LogP contribution in [-0.2, 0) is 6.54 Å². The molecule has 1 aliphatic heterocycles. The van der Waals surface area contributed by atoms with Gasteiger partial charge in [-0.3, -0.25) is 4.99 Å². The molecular weight excluding hydrogens is 306 g/mol. The zero-order chi connectivity index (χ0) is 16.5. The lowest BCUT2D eigenvalue weighted by molar-refractivity contribution is 0.158. The highest BCUT2D eigenvalue weighted by molar-refractivity contribution is 7.11. The fourth-order valence-electron chi connectivity index (χ4n) is 3.00. The highest BCUT2D eigenvalue weighted by Crippen LogP contribution is 2.16. The van der Waals surface area contributed by atoms with Crippen LogP contribution in [0.25, 0.3) is 0 Å². The third-order valence-corrected chi connectivity index (χ3v) is 5.32. The van der Waals surface area contributed by atoms with Crippen LogP contribution in [0.5, 0.6) is 0 Å². The number of nitrogens with one attached hydrogen (secondary N) is 2. The van der Waals surface area contributed by atoms with Crippen molar-refractivity contribution >= 4 is 17.3 Å². The largest absolute Gasteiger partial charge is 0.356 e. The van der Waals surface area contributed by atoms with Crippen LogP contribution in [0, 0.1) is 6.92 Å². The summed E-state index contributed by atoms with van der Waals surface area (Å²) < 4.78 is 0. The molecule has 1 saturated heterocycles. The van der Waals surface area contributed by atoms with Crippen LogP contribution in [0.2, 0.25) is 0 Å². The summed E-state index contributed by atoms with van der Waals surface area (Å²) in [5.41, 5.74) is 0. The molecule has 2 N–H and O–H groups in total. The molecule has 1 fully saturated rings. The Morgan fingerprint density at radius 2 is 2.26 bits per heavy atom. The van der Waals surface area contributed by atoms with Gasteiger partial charge in [-0.1, -0.05) is 6.42 Å². The Kier molecular flexibility index (Phi) is 7.82. The fraction of sp³-hybridized carbons (Fsp3) is 0.765. The molecule has 2 heterocycles. The molecule has 0 spiro atoms. The Morgan fingerprint density at radius 1 is 1.39 bits per heavy atom. The monoisotopic (exact) mass is 337 g/mol. The molecule has 0 radical (unpaired) electrons. The number of aromatic nitrogens is 1. The summed E-state index contributed by atoms with van der Waals surface area (Å²) >= 11 is 1.73. The predicted octanol–water partition coefficient (Wildman–Crippen LogP) is 2.77. The van der Waals surface area contributed by atoms with Gasteiger partial charge in [0.15, 0.2) is 5.96 Å². The van der Waals surface area contributed by atoms with E-state index in [1.165, 1.54) is 50.1 Å². The first-order valence-corrected chi connectivity index (χ1v) is 9.60. The maximum atomic E-state index is 4.36. The van der Waals surface area contributed by atoms with Crippen molar-refractivity contribution in [2.24, 2.45) is 4.99 Å². The van der Waals surface area contributed by atoms with E-state index in [1.54, 1.807) is 11.3 Å². The van der Waals surface area contributed by atoms with Crippen molar-refractivity contribution in [2.45, 2.75) is 58.5 Å². The van der Waals surface area contributed by atoms with Crippen molar-refractivity contribution in [3.8, 4) is 0 Å². The maximum Gasteiger partial charge on any atom is 0.191 e. The average molecular weight is 338 g/mol. The molecular formula is C17H31N5S. The molecule has 1 aromatic rings. The van der Waals surface area contributed by atoms with Crippen LogP contribution < -0.4 is 10.6 Å². The third kappa shape index (κ3) is 6.47. The Hall–Kier alpha value is -1.14. The average Bonchev–Trinajstić information content (AvgIpc) is 2.97. The zero-order valence-electron chi connectivity index (χ0n) is 14.8. The van der Waals surface area contributed by atoms with E-state index < -0.39 is 0 Å². The van der Waals surface area contributed by atoms with Gasteiger partial charge in [0.1, 0.15) is 5.01 Å². The van der Waals surface area contributed by atoms with Crippen molar-refractivity contribution < 1.29 is 0 Å². The van der Waals surface area contributed by atoms with Gasteiger partial charge in [-0.25, -0.2) is 4.98 Å². The smallest absolute Gasteiger partial charge is 0.191 e. The Balaban J connectivity index is 1.56. The van der Waals surface area contributed by atoms with Crippen molar-refractivity contribution in [3.63, 3.8) is 0 Å². The van der Waals surface area contributed by atoms with E-state index in [2.05, 4.69) is 39.4 Å². The number of rotatable bonds is 7.